The first-order valence-corrected chi connectivity index (χ1v) is 6.73. The summed E-state index contributed by atoms with van der Waals surface area (Å²) in [5.74, 6) is 0.577. The van der Waals surface area contributed by atoms with Crippen molar-refractivity contribution in [1.82, 2.24) is 4.90 Å². The lowest BCUT2D eigenvalue weighted by atomic mass is 9.90. The van der Waals surface area contributed by atoms with Crippen molar-refractivity contribution in [1.29, 1.82) is 0 Å². The molecule has 1 aromatic rings. The average Bonchev–Trinajstić information content (AvgIpc) is 2.39. The van der Waals surface area contributed by atoms with Crippen molar-refractivity contribution in [2.45, 2.75) is 32.7 Å². The van der Waals surface area contributed by atoms with Crippen molar-refractivity contribution >= 4 is 5.91 Å². The smallest absolute Gasteiger partial charge is 0.253 e. The van der Waals surface area contributed by atoms with E-state index < -0.39 is 0 Å². The quantitative estimate of drug-likeness (QED) is 0.869. The van der Waals surface area contributed by atoms with Gasteiger partial charge in [-0.3, -0.25) is 4.79 Å². The third-order valence-electron chi connectivity index (χ3n) is 3.90. The van der Waals surface area contributed by atoms with E-state index in [4.69, 9.17) is 5.73 Å². The zero-order valence-electron chi connectivity index (χ0n) is 11.2. The fraction of sp³-hybridized carbons (Fsp3) is 0.533. The fourth-order valence-electron chi connectivity index (χ4n) is 2.55. The Bertz CT molecular complexity index is 413. The predicted octanol–water partition coefficient (Wildman–Crippen LogP) is 2.19. The Morgan fingerprint density at radius 3 is 2.67 bits per heavy atom. The lowest BCUT2D eigenvalue weighted by Crippen LogP contribution is -2.49. The van der Waals surface area contributed by atoms with E-state index in [1.807, 2.05) is 36.1 Å². The number of amides is 1. The number of aryl methyl sites for hydroxylation is 1. The Morgan fingerprint density at radius 1 is 1.39 bits per heavy atom. The second kappa shape index (κ2) is 5.53. The normalized spacial score (nSPS) is 24.1. The van der Waals surface area contributed by atoms with Crippen LogP contribution in [0.5, 0.6) is 0 Å². The zero-order valence-corrected chi connectivity index (χ0v) is 11.2. The summed E-state index contributed by atoms with van der Waals surface area (Å²) in [5, 5.41) is 0. The number of carbonyl (C=O) groups excluding carboxylic acids is 1. The summed E-state index contributed by atoms with van der Waals surface area (Å²) in [4.78, 5) is 14.3. The van der Waals surface area contributed by atoms with Gasteiger partial charge in [0.15, 0.2) is 0 Å². The van der Waals surface area contributed by atoms with E-state index in [0.29, 0.717) is 5.92 Å². The lowest BCUT2D eigenvalue weighted by molar-refractivity contribution is 0.0649. The van der Waals surface area contributed by atoms with Gasteiger partial charge in [0.2, 0.25) is 0 Å². The summed E-state index contributed by atoms with van der Waals surface area (Å²) < 4.78 is 0. The molecular weight excluding hydrogens is 224 g/mol. The molecule has 1 amide bonds. The van der Waals surface area contributed by atoms with E-state index in [9.17, 15) is 4.79 Å². The molecule has 3 heteroatoms. The van der Waals surface area contributed by atoms with Gasteiger partial charge in [-0.15, -0.1) is 0 Å². The van der Waals surface area contributed by atoms with Crippen LogP contribution in [0.3, 0.4) is 0 Å². The highest BCUT2D eigenvalue weighted by Crippen LogP contribution is 2.20. The van der Waals surface area contributed by atoms with Gasteiger partial charge in [-0.25, -0.2) is 0 Å². The maximum absolute atomic E-state index is 12.4. The zero-order chi connectivity index (χ0) is 13.1. The maximum atomic E-state index is 12.4. The number of hydrogen-bond donors (Lipinski definition) is 1. The first-order chi connectivity index (χ1) is 8.61. The Balaban J connectivity index is 2.07. The van der Waals surface area contributed by atoms with Gasteiger partial charge in [-0.2, -0.15) is 0 Å². The molecule has 2 atom stereocenters. The molecule has 18 heavy (non-hydrogen) atoms. The Labute approximate surface area is 109 Å². The highest BCUT2D eigenvalue weighted by molar-refractivity contribution is 5.94. The molecule has 3 nitrogen and oxygen atoms in total. The second-order valence-electron chi connectivity index (χ2n) is 5.24. The third-order valence-corrected chi connectivity index (χ3v) is 3.90. The highest BCUT2D eigenvalue weighted by Gasteiger charge is 2.28. The molecule has 0 aliphatic carbocycles. The number of benzene rings is 1. The summed E-state index contributed by atoms with van der Waals surface area (Å²) in [6, 6.07) is 8.04. The SMILES string of the molecule is CCC1CN(C(=O)c2ccc(C)cc2)CCC1N. The van der Waals surface area contributed by atoms with Crippen LogP contribution in [0, 0.1) is 12.8 Å². The van der Waals surface area contributed by atoms with E-state index in [1.54, 1.807) is 0 Å². The minimum Gasteiger partial charge on any atom is -0.338 e. The maximum Gasteiger partial charge on any atom is 0.253 e. The Kier molecular flexibility index (Phi) is 4.02. The highest BCUT2D eigenvalue weighted by atomic mass is 16.2. The molecule has 98 valence electrons. The lowest BCUT2D eigenvalue weighted by Gasteiger charge is -2.36. The van der Waals surface area contributed by atoms with Crippen molar-refractivity contribution in [2.75, 3.05) is 13.1 Å². The molecule has 0 spiro atoms. The third kappa shape index (κ3) is 2.72. The van der Waals surface area contributed by atoms with Crippen LogP contribution in [0.15, 0.2) is 24.3 Å². The largest absolute Gasteiger partial charge is 0.338 e. The summed E-state index contributed by atoms with van der Waals surface area (Å²) in [6.07, 6.45) is 1.95. The standard InChI is InChI=1S/C15H22N2O/c1-3-12-10-17(9-8-14(12)16)15(18)13-6-4-11(2)5-7-13/h4-7,12,14H,3,8-10,16H2,1-2H3. The molecule has 1 aliphatic rings. The van der Waals surface area contributed by atoms with Crippen LogP contribution in [0.2, 0.25) is 0 Å². The molecule has 1 saturated heterocycles. The van der Waals surface area contributed by atoms with Gasteiger partial charge >= 0.3 is 0 Å². The molecule has 1 heterocycles. The van der Waals surface area contributed by atoms with Crippen LogP contribution in [0.25, 0.3) is 0 Å². The number of hydrogen-bond acceptors (Lipinski definition) is 2. The van der Waals surface area contributed by atoms with Crippen molar-refractivity contribution < 1.29 is 4.79 Å². The first-order valence-electron chi connectivity index (χ1n) is 6.73. The van der Waals surface area contributed by atoms with E-state index in [1.165, 1.54) is 5.56 Å². The van der Waals surface area contributed by atoms with Crippen molar-refractivity contribution in [2.24, 2.45) is 11.7 Å². The molecule has 0 saturated carbocycles. The van der Waals surface area contributed by atoms with Crippen LogP contribution < -0.4 is 5.73 Å². The first kappa shape index (κ1) is 13.1. The number of rotatable bonds is 2. The molecule has 0 radical (unpaired) electrons. The van der Waals surface area contributed by atoms with E-state index >= 15 is 0 Å². The minimum absolute atomic E-state index is 0.139. The Morgan fingerprint density at radius 2 is 2.06 bits per heavy atom. The molecule has 0 bridgehead atoms. The Hall–Kier alpha value is -1.35. The number of nitrogens with zero attached hydrogens (tertiary/aromatic N) is 1. The van der Waals surface area contributed by atoms with Gasteiger partial charge < -0.3 is 10.6 Å². The summed E-state index contributed by atoms with van der Waals surface area (Å²) >= 11 is 0. The number of carbonyl (C=O) groups is 1. The number of piperidine rings is 1. The van der Waals surface area contributed by atoms with Gasteiger partial charge in [0.25, 0.3) is 5.91 Å². The van der Waals surface area contributed by atoms with Crippen LogP contribution in [-0.4, -0.2) is 29.9 Å². The van der Waals surface area contributed by atoms with Gasteiger partial charge in [-0.1, -0.05) is 31.0 Å². The average molecular weight is 246 g/mol. The molecular formula is C15H22N2O. The molecule has 0 aromatic heterocycles. The van der Waals surface area contributed by atoms with Crippen molar-refractivity contribution in [3.63, 3.8) is 0 Å². The van der Waals surface area contributed by atoms with Crippen LogP contribution in [0.4, 0.5) is 0 Å². The summed E-state index contributed by atoms with van der Waals surface area (Å²) in [6.45, 7) is 5.75. The molecule has 2 N–H and O–H groups in total. The number of nitrogens with two attached hydrogens (primary N) is 1. The van der Waals surface area contributed by atoms with Gasteiger partial charge in [0.1, 0.15) is 0 Å². The topological polar surface area (TPSA) is 46.3 Å². The molecule has 1 aliphatic heterocycles. The van der Waals surface area contributed by atoms with E-state index in [2.05, 4.69) is 6.92 Å². The fourth-order valence-corrected chi connectivity index (χ4v) is 2.55. The van der Waals surface area contributed by atoms with Crippen LogP contribution >= 0.6 is 0 Å². The molecule has 2 rings (SSSR count). The monoisotopic (exact) mass is 246 g/mol. The molecule has 1 fully saturated rings. The minimum atomic E-state index is 0.139. The van der Waals surface area contributed by atoms with Crippen LogP contribution in [-0.2, 0) is 0 Å². The van der Waals surface area contributed by atoms with E-state index in [0.717, 1.165) is 31.5 Å². The molecule has 2 unspecified atom stereocenters. The predicted molar refractivity (Wildman–Crippen MR) is 73.5 cm³/mol. The van der Waals surface area contributed by atoms with Crippen molar-refractivity contribution in [3.05, 3.63) is 35.4 Å². The second-order valence-corrected chi connectivity index (χ2v) is 5.24. The van der Waals surface area contributed by atoms with Crippen molar-refractivity contribution in [3.8, 4) is 0 Å². The van der Waals surface area contributed by atoms with E-state index in [-0.39, 0.29) is 11.9 Å². The molecule has 1 aromatic carbocycles. The van der Waals surface area contributed by atoms with Gasteiger partial charge in [0.05, 0.1) is 0 Å². The summed E-state index contributed by atoms with van der Waals surface area (Å²) in [5.41, 5.74) is 8.04. The van der Waals surface area contributed by atoms with Crippen LogP contribution in [0.1, 0.15) is 35.7 Å². The summed E-state index contributed by atoms with van der Waals surface area (Å²) in [7, 11) is 0. The van der Waals surface area contributed by atoms with Gasteiger partial charge in [-0.05, 0) is 31.4 Å². The number of likely N-dealkylation sites (tertiary alicyclic amines) is 1. The van der Waals surface area contributed by atoms with Gasteiger partial charge in [0, 0.05) is 24.7 Å².